The van der Waals surface area contributed by atoms with Crippen LogP contribution in [0.4, 0.5) is 23.8 Å². The Labute approximate surface area is 123 Å². The van der Waals surface area contributed by atoms with Gasteiger partial charge in [0.25, 0.3) is 5.91 Å². The Morgan fingerprint density at radius 1 is 1.27 bits per heavy atom. The number of rotatable bonds is 1. The smallest absolute Gasteiger partial charge is 0.354 e. The van der Waals surface area contributed by atoms with E-state index in [0.717, 1.165) is 12.3 Å². The normalized spacial score (nSPS) is 25.3. The summed E-state index contributed by atoms with van der Waals surface area (Å²) in [6.07, 6.45) is -2.56. The van der Waals surface area contributed by atoms with Crippen LogP contribution >= 0.6 is 0 Å². The van der Waals surface area contributed by atoms with E-state index in [0.29, 0.717) is 25.2 Å². The molecule has 6 nitrogen and oxygen atoms in total. The van der Waals surface area contributed by atoms with Crippen molar-refractivity contribution in [2.75, 3.05) is 18.0 Å². The Balaban J connectivity index is 1.81. The monoisotopic (exact) mass is 314 g/mol. The zero-order valence-corrected chi connectivity index (χ0v) is 11.4. The fourth-order valence-corrected chi connectivity index (χ4v) is 2.81. The molecule has 22 heavy (non-hydrogen) atoms. The fourth-order valence-electron chi connectivity index (χ4n) is 2.81. The first-order valence-electron chi connectivity index (χ1n) is 6.72. The van der Waals surface area contributed by atoms with Gasteiger partial charge < -0.3 is 10.2 Å². The molecule has 2 aliphatic heterocycles. The molecule has 0 aromatic carbocycles. The van der Waals surface area contributed by atoms with E-state index >= 15 is 0 Å². The molecule has 1 atom stereocenters. The Bertz CT molecular complexity index is 617. The first-order valence-corrected chi connectivity index (χ1v) is 6.72. The number of urea groups is 1. The summed E-state index contributed by atoms with van der Waals surface area (Å²) in [7, 11) is 0. The van der Waals surface area contributed by atoms with Gasteiger partial charge in [0.05, 0.1) is 12.1 Å². The lowest BCUT2D eigenvalue weighted by atomic mass is 9.89. The maximum Gasteiger partial charge on any atom is 0.417 e. The SMILES string of the molecule is O=C1NC(=O)C2(CCCN(c3ccc(C(F)(F)F)cn3)C2)N1. The van der Waals surface area contributed by atoms with E-state index in [9.17, 15) is 22.8 Å². The van der Waals surface area contributed by atoms with E-state index in [-0.39, 0.29) is 6.54 Å². The van der Waals surface area contributed by atoms with Gasteiger partial charge in [-0.25, -0.2) is 9.78 Å². The summed E-state index contributed by atoms with van der Waals surface area (Å²) in [4.78, 5) is 28.8. The summed E-state index contributed by atoms with van der Waals surface area (Å²) in [5, 5.41) is 4.80. The van der Waals surface area contributed by atoms with Crippen molar-refractivity contribution in [3.63, 3.8) is 0 Å². The van der Waals surface area contributed by atoms with Gasteiger partial charge in [0.1, 0.15) is 11.4 Å². The van der Waals surface area contributed by atoms with Gasteiger partial charge in [0.15, 0.2) is 0 Å². The predicted molar refractivity (Wildman–Crippen MR) is 70.1 cm³/mol. The number of carbonyl (C=O) groups excluding carboxylic acids is 2. The minimum Gasteiger partial charge on any atom is -0.354 e. The van der Waals surface area contributed by atoms with Crippen LogP contribution in [0.15, 0.2) is 18.3 Å². The fraction of sp³-hybridized carbons (Fsp3) is 0.462. The van der Waals surface area contributed by atoms with Crippen LogP contribution in [-0.4, -0.2) is 35.6 Å². The van der Waals surface area contributed by atoms with Crippen LogP contribution in [0.5, 0.6) is 0 Å². The van der Waals surface area contributed by atoms with Gasteiger partial charge in [0, 0.05) is 12.7 Å². The minimum atomic E-state index is -4.44. The molecule has 2 saturated heterocycles. The van der Waals surface area contributed by atoms with Crippen LogP contribution in [0.25, 0.3) is 0 Å². The Kier molecular flexibility index (Phi) is 3.22. The Morgan fingerprint density at radius 2 is 2.05 bits per heavy atom. The topological polar surface area (TPSA) is 74.3 Å². The quantitative estimate of drug-likeness (QED) is 0.766. The van der Waals surface area contributed by atoms with Gasteiger partial charge in [-0.1, -0.05) is 0 Å². The molecule has 3 heterocycles. The molecule has 9 heteroatoms. The van der Waals surface area contributed by atoms with Crippen LogP contribution in [0, 0.1) is 0 Å². The number of imide groups is 1. The van der Waals surface area contributed by atoms with Gasteiger partial charge >= 0.3 is 12.2 Å². The van der Waals surface area contributed by atoms with E-state index in [2.05, 4.69) is 15.6 Å². The summed E-state index contributed by atoms with van der Waals surface area (Å²) < 4.78 is 37.6. The van der Waals surface area contributed by atoms with Gasteiger partial charge in [-0.2, -0.15) is 13.2 Å². The summed E-state index contributed by atoms with van der Waals surface area (Å²) in [5.41, 5.74) is -1.85. The summed E-state index contributed by atoms with van der Waals surface area (Å²) in [6.45, 7) is 0.742. The molecule has 2 N–H and O–H groups in total. The second-order valence-corrected chi connectivity index (χ2v) is 5.42. The molecule has 1 aromatic heterocycles. The van der Waals surface area contributed by atoms with E-state index < -0.39 is 29.2 Å². The maximum atomic E-state index is 12.5. The highest BCUT2D eigenvalue weighted by atomic mass is 19.4. The van der Waals surface area contributed by atoms with E-state index in [4.69, 9.17) is 0 Å². The first kappa shape index (κ1) is 14.6. The third-order valence-corrected chi connectivity index (χ3v) is 3.91. The van der Waals surface area contributed by atoms with Crippen molar-refractivity contribution in [1.82, 2.24) is 15.6 Å². The molecule has 0 saturated carbocycles. The highest BCUT2D eigenvalue weighted by Crippen LogP contribution is 2.31. The van der Waals surface area contributed by atoms with Gasteiger partial charge in [-0.3, -0.25) is 10.1 Å². The van der Waals surface area contributed by atoms with Crippen molar-refractivity contribution in [1.29, 1.82) is 0 Å². The number of nitrogens with zero attached hydrogens (tertiary/aromatic N) is 2. The van der Waals surface area contributed by atoms with E-state index in [1.807, 2.05) is 0 Å². The summed E-state index contributed by atoms with van der Waals surface area (Å²) in [5.74, 6) is -0.0601. The maximum absolute atomic E-state index is 12.5. The predicted octanol–water partition coefficient (Wildman–Crippen LogP) is 1.28. The van der Waals surface area contributed by atoms with Gasteiger partial charge in [-0.05, 0) is 25.0 Å². The zero-order valence-electron chi connectivity index (χ0n) is 11.4. The number of halogens is 3. The van der Waals surface area contributed by atoms with Crippen LogP contribution in [0.1, 0.15) is 18.4 Å². The van der Waals surface area contributed by atoms with Gasteiger partial charge in [-0.15, -0.1) is 0 Å². The molecule has 3 amide bonds. The largest absolute Gasteiger partial charge is 0.417 e. The van der Waals surface area contributed by atoms with Crippen molar-refractivity contribution >= 4 is 17.8 Å². The molecule has 2 fully saturated rings. The number of alkyl halides is 3. The molecule has 1 aromatic rings. The minimum absolute atomic E-state index is 0.183. The Hall–Kier alpha value is -2.32. The third kappa shape index (κ3) is 2.46. The van der Waals surface area contributed by atoms with Crippen LogP contribution in [0.2, 0.25) is 0 Å². The van der Waals surface area contributed by atoms with Crippen LogP contribution in [-0.2, 0) is 11.0 Å². The zero-order chi connectivity index (χ0) is 16.0. The molecule has 0 radical (unpaired) electrons. The molecule has 1 spiro atoms. The lowest BCUT2D eigenvalue weighted by molar-refractivity contribution is -0.137. The highest BCUT2D eigenvalue weighted by molar-refractivity contribution is 6.07. The van der Waals surface area contributed by atoms with Crippen molar-refractivity contribution in [2.45, 2.75) is 24.6 Å². The van der Waals surface area contributed by atoms with Crippen molar-refractivity contribution in [3.05, 3.63) is 23.9 Å². The third-order valence-electron chi connectivity index (χ3n) is 3.91. The number of anilines is 1. The first-order chi connectivity index (χ1) is 10.3. The molecule has 0 bridgehead atoms. The number of amides is 3. The highest BCUT2D eigenvalue weighted by Gasteiger charge is 2.48. The number of nitrogens with one attached hydrogen (secondary N) is 2. The summed E-state index contributed by atoms with van der Waals surface area (Å²) >= 11 is 0. The van der Waals surface area contributed by atoms with E-state index in [1.165, 1.54) is 6.07 Å². The van der Waals surface area contributed by atoms with Crippen molar-refractivity contribution < 1.29 is 22.8 Å². The number of pyridine rings is 1. The lowest BCUT2D eigenvalue weighted by Gasteiger charge is -2.38. The van der Waals surface area contributed by atoms with Gasteiger partial charge in [0.2, 0.25) is 0 Å². The second kappa shape index (κ2) is 4.85. The van der Waals surface area contributed by atoms with E-state index in [1.54, 1.807) is 4.90 Å². The number of aromatic nitrogens is 1. The molecular weight excluding hydrogens is 301 g/mol. The molecule has 2 aliphatic rings. The molecule has 118 valence electrons. The second-order valence-electron chi connectivity index (χ2n) is 5.42. The molecule has 1 unspecified atom stereocenters. The average Bonchev–Trinajstić information content (AvgIpc) is 2.72. The number of carbonyl (C=O) groups is 2. The van der Waals surface area contributed by atoms with Crippen LogP contribution in [0.3, 0.4) is 0 Å². The standard InChI is InChI=1S/C13H13F3N4O2/c14-13(15,16)8-2-3-9(17-6-8)20-5-1-4-12(7-20)10(21)18-11(22)19-12/h2-3,6H,1,4-5,7H2,(H2,18,19,21,22). The molecule has 0 aliphatic carbocycles. The molecular formula is C13H13F3N4O2. The number of hydrogen-bond donors (Lipinski definition) is 2. The molecule has 3 rings (SSSR count). The van der Waals surface area contributed by atoms with Crippen molar-refractivity contribution in [2.24, 2.45) is 0 Å². The lowest BCUT2D eigenvalue weighted by Crippen LogP contribution is -2.58. The van der Waals surface area contributed by atoms with Crippen molar-refractivity contribution in [3.8, 4) is 0 Å². The van der Waals surface area contributed by atoms with Crippen LogP contribution < -0.4 is 15.5 Å². The summed E-state index contributed by atoms with van der Waals surface area (Å²) in [6, 6.07) is 1.68. The Morgan fingerprint density at radius 3 is 2.59 bits per heavy atom. The number of hydrogen-bond acceptors (Lipinski definition) is 4. The number of piperidine rings is 1. The average molecular weight is 314 g/mol.